The molecule has 1 saturated carbocycles. The van der Waals surface area contributed by atoms with Gasteiger partial charge >= 0.3 is 0 Å². The monoisotopic (exact) mass is 394 g/mol. The maximum atomic E-state index is 11.5. The Balaban J connectivity index is 1.47. The Bertz CT molecular complexity index is 712. The highest BCUT2D eigenvalue weighted by Gasteiger charge is 2.29. The average molecular weight is 395 g/mol. The van der Waals surface area contributed by atoms with Gasteiger partial charge in [-0.2, -0.15) is 0 Å². The smallest absolute Gasteiger partial charge is 0.241 e. The van der Waals surface area contributed by atoms with Crippen LogP contribution in [-0.4, -0.2) is 26.0 Å². The van der Waals surface area contributed by atoms with E-state index in [2.05, 4.69) is 42.4 Å². The molecule has 120 valence electrons. The minimum atomic E-state index is -0.0182. The molecule has 1 fully saturated rings. The van der Waals surface area contributed by atoms with E-state index in [9.17, 15) is 4.79 Å². The van der Waals surface area contributed by atoms with Gasteiger partial charge in [0.25, 0.3) is 0 Å². The number of carbonyl (C=O) groups is 1. The highest BCUT2D eigenvalue weighted by Crippen LogP contribution is 2.28. The number of aromatic nitrogens is 3. The molecule has 1 aliphatic rings. The number of nitrogens with zero attached hydrogens (tertiary/aromatic N) is 3. The van der Waals surface area contributed by atoms with Crippen molar-refractivity contribution < 1.29 is 4.79 Å². The molecule has 0 radical (unpaired) electrons. The zero-order chi connectivity index (χ0) is 16.2. The van der Waals surface area contributed by atoms with Gasteiger partial charge in [0.1, 0.15) is 5.69 Å². The summed E-state index contributed by atoms with van der Waals surface area (Å²) in [4.78, 5) is 11.5. The molecule has 0 unspecified atom stereocenters. The van der Waals surface area contributed by atoms with Crippen molar-refractivity contribution in [1.29, 1.82) is 0 Å². The Labute approximate surface area is 146 Å². The first-order valence-corrected chi connectivity index (χ1v) is 8.33. The first-order chi connectivity index (χ1) is 11.1. The fourth-order valence-corrected chi connectivity index (χ4v) is 2.27. The molecule has 3 N–H and O–H groups in total. The van der Waals surface area contributed by atoms with Gasteiger partial charge in [-0.15, -0.1) is 5.10 Å². The van der Waals surface area contributed by atoms with Crippen LogP contribution >= 0.6 is 28.1 Å². The van der Waals surface area contributed by atoms with Gasteiger partial charge in [0.05, 0.1) is 18.4 Å². The summed E-state index contributed by atoms with van der Waals surface area (Å²) in [5.74, 6) is 0.117. The molecule has 0 aliphatic heterocycles. The minimum Gasteiger partial charge on any atom is -0.356 e. The third-order valence-corrected chi connectivity index (χ3v) is 4.08. The SMILES string of the molecule is O=C(NNC(=S)NCc1cn(-c2ccc(Br)cc2)nn1)C1CC1. The summed E-state index contributed by atoms with van der Waals surface area (Å²) in [7, 11) is 0. The maximum Gasteiger partial charge on any atom is 0.241 e. The summed E-state index contributed by atoms with van der Waals surface area (Å²) in [6.07, 6.45) is 3.72. The fourth-order valence-electron chi connectivity index (χ4n) is 1.88. The first-order valence-electron chi connectivity index (χ1n) is 7.12. The highest BCUT2D eigenvalue weighted by atomic mass is 79.9. The first kappa shape index (κ1) is 15.9. The van der Waals surface area contributed by atoms with Crippen molar-refractivity contribution in [2.75, 3.05) is 0 Å². The molecule has 0 spiro atoms. The summed E-state index contributed by atoms with van der Waals surface area (Å²) in [6.45, 7) is 0.418. The second-order valence-electron chi connectivity index (χ2n) is 5.20. The van der Waals surface area contributed by atoms with Crippen molar-refractivity contribution in [3.8, 4) is 5.69 Å². The Morgan fingerprint density at radius 2 is 2.04 bits per heavy atom. The molecular weight excluding hydrogens is 380 g/mol. The Hall–Kier alpha value is -2.00. The van der Waals surface area contributed by atoms with Gasteiger partial charge in [0.2, 0.25) is 5.91 Å². The highest BCUT2D eigenvalue weighted by molar-refractivity contribution is 9.10. The number of rotatable bonds is 4. The van der Waals surface area contributed by atoms with Crippen molar-refractivity contribution in [1.82, 2.24) is 31.2 Å². The fraction of sp³-hybridized carbons (Fsp3) is 0.286. The van der Waals surface area contributed by atoms with Crippen LogP contribution < -0.4 is 16.2 Å². The minimum absolute atomic E-state index is 0.0182. The zero-order valence-electron chi connectivity index (χ0n) is 12.1. The predicted octanol–water partition coefficient (Wildman–Crippen LogP) is 1.44. The van der Waals surface area contributed by atoms with Gasteiger partial charge in [0.15, 0.2) is 5.11 Å². The molecule has 1 aromatic carbocycles. The van der Waals surface area contributed by atoms with E-state index in [0.29, 0.717) is 11.7 Å². The quantitative estimate of drug-likeness (QED) is 0.537. The van der Waals surface area contributed by atoms with Gasteiger partial charge in [-0.25, -0.2) is 4.68 Å². The number of hydrazine groups is 1. The largest absolute Gasteiger partial charge is 0.356 e. The summed E-state index contributed by atoms with van der Waals surface area (Å²) in [6, 6.07) is 7.76. The van der Waals surface area contributed by atoms with Crippen LogP contribution in [0.25, 0.3) is 5.69 Å². The zero-order valence-corrected chi connectivity index (χ0v) is 14.5. The van der Waals surface area contributed by atoms with Crippen LogP contribution in [0.15, 0.2) is 34.9 Å². The van der Waals surface area contributed by atoms with Crippen LogP contribution in [0.4, 0.5) is 0 Å². The van der Waals surface area contributed by atoms with Crippen molar-refractivity contribution >= 4 is 39.2 Å². The Kier molecular flexibility index (Phi) is 4.87. The molecule has 7 nitrogen and oxygen atoms in total. The van der Waals surface area contributed by atoms with E-state index in [1.165, 1.54) is 0 Å². The van der Waals surface area contributed by atoms with E-state index in [0.717, 1.165) is 28.7 Å². The lowest BCUT2D eigenvalue weighted by molar-refractivity contribution is -0.122. The van der Waals surface area contributed by atoms with E-state index in [4.69, 9.17) is 12.2 Å². The maximum absolute atomic E-state index is 11.5. The summed E-state index contributed by atoms with van der Waals surface area (Å²) < 4.78 is 2.70. The van der Waals surface area contributed by atoms with E-state index < -0.39 is 0 Å². The van der Waals surface area contributed by atoms with Crippen LogP contribution in [0.2, 0.25) is 0 Å². The average Bonchev–Trinajstić information content (AvgIpc) is 3.30. The van der Waals surface area contributed by atoms with E-state index in [1.54, 1.807) is 4.68 Å². The van der Waals surface area contributed by atoms with Crippen molar-refractivity contribution in [3.63, 3.8) is 0 Å². The topological polar surface area (TPSA) is 83.9 Å². The number of nitrogens with one attached hydrogen (secondary N) is 3. The number of hydrogen-bond donors (Lipinski definition) is 3. The number of amides is 1. The number of benzene rings is 1. The van der Waals surface area contributed by atoms with Crippen molar-refractivity contribution in [3.05, 3.63) is 40.6 Å². The van der Waals surface area contributed by atoms with Crippen LogP contribution in [0, 0.1) is 5.92 Å². The summed E-state index contributed by atoms with van der Waals surface area (Å²) in [5, 5.41) is 11.5. The number of halogens is 1. The van der Waals surface area contributed by atoms with Gasteiger partial charge < -0.3 is 5.32 Å². The summed E-state index contributed by atoms with van der Waals surface area (Å²) in [5.41, 5.74) is 6.92. The van der Waals surface area contributed by atoms with E-state index in [1.807, 2.05) is 30.5 Å². The third kappa shape index (κ3) is 4.49. The van der Waals surface area contributed by atoms with Crippen molar-refractivity contribution in [2.24, 2.45) is 5.92 Å². The third-order valence-electron chi connectivity index (χ3n) is 3.31. The van der Waals surface area contributed by atoms with Crippen LogP contribution in [-0.2, 0) is 11.3 Å². The van der Waals surface area contributed by atoms with Crippen LogP contribution in [0.1, 0.15) is 18.5 Å². The number of carbonyl (C=O) groups excluding carboxylic acids is 1. The molecule has 0 bridgehead atoms. The van der Waals surface area contributed by atoms with Gasteiger partial charge in [-0.3, -0.25) is 15.6 Å². The molecule has 9 heteroatoms. The molecule has 2 aromatic rings. The van der Waals surface area contributed by atoms with Crippen LogP contribution in [0.3, 0.4) is 0 Å². The summed E-state index contributed by atoms with van der Waals surface area (Å²) >= 11 is 8.49. The van der Waals surface area contributed by atoms with Gasteiger partial charge in [-0.1, -0.05) is 21.1 Å². The molecule has 1 aliphatic carbocycles. The molecule has 0 atom stereocenters. The van der Waals surface area contributed by atoms with E-state index >= 15 is 0 Å². The Morgan fingerprint density at radius 3 is 2.74 bits per heavy atom. The van der Waals surface area contributed by atoms with Gasteiger partial charge in [-0.05, 0) is 49.3 Å². The molecule has 3 rings (SSSR count). The van der Waals surface area contributed by atoms with Crippen molar-refractivity contribution in [2.45, 2.75) is 19.4 Å². The normalized spacial score (nSPS) is 13.4. The second-order valence-corrected chi connectivity index (χ2v) is 6.53. The Morgan fingerprint density at radius 1 is 1.30 bits per heavy atom. The molecule has 0 saturated heterocycles. The lowest BCUT2D eigenvalue weighted by Crippen LogP contribution is -2.47. The van der Waals surface area contributed by atoms with E-state index in [-0.39, 0.29) is 11.8 Å². The molecule has 1 aromatic heterocycles. The lowest BCUT2D eigenvalue weighted by atomic mass is 10.3. The number of thiocarbonyl (C=S) groups is 1. The van der Waals surface area contributed by atoms with Gasteiger partial charge in [0, 0.05) is 10.4 Å². The lowest BCUT2D eigenvalue weighted by Gasteiger charge is -2.09. The molecule has 1 heterocycles. The second kappa shape index (κ2) is 7.05. The number of hydrogen-bond acceptors (Lipinski definition) is 4. The molecule has 23 heavy (non-hydrogen) atoms. The standard InChI is InChI=1S/C14H15BrN6OS/c15-10-3-5-12(6-4-10)21-8-11(17-20-21)7-16-14(23)19-18-13(22)9-1-2-9/h3-6,8-9H,1-2,7H2,(H,18,22)(H2,16,19,23). The molecule has 1 amide bonds. The van der Waals surface area contributed by atoms with Crippen LogP contribution in [0.5, 0.6) is 0 Å². The molecular formula is C14H15BrN6OS. The predicted molar refractivity (Wildman–Crippen MR) is 92.5 cm³/mol.